The van der Waals surface area contributed by atoms with Crippen LogP contribution in [0.3, 0.4) is 0 Å². The minimum absolute atomic E-state index is 0.678. The maximum absolute atomic E-state index is 6.83. The van der Waals surface area contributed by atoms with Gasteiger partial charge in [-0.15, -0.1) is 0 Å². The second kappa shape index (κ2) is 11.2. The van der Waals surface area contributed by atoms with Gasteiger partial charge in [0.05, 0.1) is 11.4 Å². The molecule has 0 spiro atoms. The summed E-state index contributed by atoms with van der Waals surface area (Å²) in [6.07, 6.45) is 0. The Bertz CT molecular complexity index is 2480. The van der Waals surface area contributed by atoms with Crippen LogP contribution in [0, 0.1) is 0 Å². The third-order valence-electron chi connectivity index (χ3n) is 8.89. The molecule has 0 saturated carbocycles. The van der Waals surface area contributed by atoms with Gasteiger partial charge in [0.2, 0.25) is 0 Å². The minimum atomic E-state index is 0.678. The van der Waals surface area contributed by atoms with E-state index in [2.05, 4.69) is 127 Å². The molecule has 0 atom stereocenters. The smallest absolute Gasteiger partial charge is 0.160 e. The van der Waals surface area contributed by atoms with Gasteiger partial charge in [0.25, 0.3) is 0 Å². The molecule has 0 aliphatic rings. The second-order valence-electron chi connectivity index (χ2n) is 11.8. The summed E-state index contributed by atoms with van der Waals surface area (Å²) in [5.74, 6) is 0.678. The van der Waals surface area contributed by atoms with Crippen molar-refractivity contribution >= 4 is 32.7 Å². The van der Waals surface area contributed by atoms with E-state index in [1.807, 2.05) is 42.5 Å². The average Bonchev–Trinajstić information content (AvgIpc) is 3.53. The summed E-state index contributed by atoms with van der Waals surface area (Å²) in [6.45, 7) is 0. The Balaban J connectivity index is 1.30. The molecule has 9 rings (SSSR count). The van der Waals surface area contributed by atoms with Crippen molar-refractivity contribution in [2.75, 3.05) is 0 Å². The largest absolute Gasteiger partial charge is 0.455 e. The van der Waals surface area contributed by atoms with Crippen molar-refractivity contribution in [2.24, 2.45) is 0 Å². The molecule has 0 saturated heterocycles. The highest BCUT2D eigenvalue weighted by molar-refractivity contribution is 6.18. The van der Waals surface area contributed by atoms with Crippen molar-refractivity contribution < 1.29 is 4.42 Å². The zero-order chi connectivity index (χ0) is 31.2. The first-order valence-electron chi connectivity index (χ1n) is 15.8. The number of hydrogen-bond acceptors (Lipinski definition) is 3. The van der Waals surface area contributed by atoms with Crippen molar-refractivity contribution in [1.29, 1.82) is 0 Å². The van der Waals surface area contributed by atoms with E-state index in [0.717, 1.165) is 66.5 Å². The fraction of sp³-hybridized carbons (Fsp3) is 0. The molecule has 2 heterocycles. The van der Waals surface area contributed by atoms with Crippen molar-refractivity contribution in [2.45, 2.75) is 0 Å². The summed E-state index contributed by atoms with van der Waals surface area (Å²) >= 11 is 0. The third kappa shape index (κ3) is 4.86. The zero-order valence-corrected chi connectivity index (χ0v) is 25.5. The quantitative estimate of drug-likeness (QED) is 0.197. The van der Waals surface area contributed by atoms with Crippen LogP contribution in [0.4, 0.5) is 0 Å². The van der Waals surface area contributed by atoms with Gasteiger partial charge in [0.15, 0.2) is 5.82 Å². The summed E-state index contributed by atoms with van der Waals surface area (Å²) in [7, 11) is 0. The van der Waals surface area contributed by atoms with Crippen LogP contribution < -0.4 is 0 Å². The summed E-state index contributed by atoms with van der Waals surface area (Å²) in [6, 6.07) is 59.1. The first-order chi connectivity index (χ1) is 23.3. The Hall–Kier alpha value is -6.32. The molecule has 0 fully saturated rings. The van der Waals surface area contributed by atoms with Crippen molar-refractivity contribution in [1.82, 2.24) is 9.97 Å². The fourth-order valence-corrected chi connectivity index (χ4v) is 6.54. The van der Waals surface area contributed by atoms with Gasteiger partial charge in [-0.1, -0.05) is 146 Å². The molecule has 47 heavy (non-hydrogen) atoms. The Morgan fingerprint density at radius 3 is 1.62 bits per heavy atom. The monoisotopic (exact) mass is 600 g/mol. The highest BCUT2D eigenvalue weighted by Crippen LogP contribution is 2.43. The van der Waals surface area contributed by atoms with Gasteiger partial charge < -0.3 is 4.42 Å². The predicted octanol–water partition coefficient (Wildman–Crippen LogP) is 11.9. The lowest BCUT2D eigenvalue weighted by molar-refractivity contribution is 0.670. The lowest BCUT2D eigenvalue weighted by Crippen LogP contribution is -1.96. The number of furan rings is 1. The third-order valence-corrected chi connectivity index (χ3v) is 8.89. The second-order valence-corrected chi connectivity index (χ2v) is 11.8. The highest BCUT2D eigenvalue weighted by atomic mass is 16.3. The van der Waals surface area contributed by atoms with E-state index in [1.54, 1.807) is 0 Å². The number of aromatic nitrogens is 2. The van der Waals surface area contributed by atoms with E-state index < -0.39 is 0 Å². The molecule has 0 aliphatic heterocycles. The summed E-state index contributed by atoms with van der Waals surface area (Å²) < 4.78 is 6.83. The molecule has 3 nitrogen and oxygen atoms in total. The number of benzene rings is 7. The number of hydrogen-bond donors (Lipinski definition) is 0. The van der Waals surface area contributed by atoms with Crippen molar-refractivity contribution in [3.8, 4) is 56.2 Å². The first-order valence-corrected chi connectivity index (χ1v) is 15.8. The summed E-state index contributed by atoms with van der Waals surface area (Å²) in [5.41, 5.74) is 10.9. The van der Waals surface area contributed by atoms with E-state index >= 15 is 0 Å². The van der Waals surface area contributed by atoms with Crippen LogP contribution in [0.25, 0.3) is 88.9 Å². The molecule has 220 valence electrons. The topological polar surface area (TPSA) is 38.9 Å². The Labute approximate surface area is 272 Å². The molecule has 0 N–H and O–H groups in total. The molecule has 0 radical (unpaired) electrons. The molecule has 0 bridgehead atoms. The van der Waals surface area contributed by atoms with Crippen LogP contribution in [0.15, 0.2) is 174 Å². The molecule has 0 amide bonds. The molecular weight excluding hydrogens is 572 g/mol. The predicted molar refractivity (Wildman–Crippen MR) is 194 cm³/mol. The van der Waals surface area contributed by atoms with Crippen LogP contribution in [0.1, 0.15) is 0 Å². The maximum atomic E-state index is 6.83. The summed E-state index contributed by atoms with van der Waals surface area (Å²) in [4.78, 5) is 10.2. The van der Waals surface area contributed by atoms with Gasteiger partial charge in [-0.25, -0.2) is 9.97 Å². The highest BCUT2D eigenvalue weighted by Gasteiger charge is 2.20. The number of fused-ring (bicyclic) bond motifs is 4. The molecule has 0 unspecified atom stereocenters. The van der Waals surface area contributed by atoms with Gasteiger partial charge >= 0.3 is 0 Å². The molecule has 2 aromatic heterocycles. The van der Waals surface area contributed by atoms with Gasteiger partial charge in [-0.3, -0.25) is 0 Å². The van der Waals surface area contributed by atoms with Crippen LogP contribution in [-0.2, 0) is 0 Å². The van der Waals surface area contributed by atoms with Gasteiger partial charge in [-0.2, -0.15) is 0 Å². The number of rotatable bonds is 5. The van der Waals surface area contributed by atoms with E-state index in [9.17, 15) is 0 Å². The van der Waals surface area contributed by atoms with Crippen molar-refractivity contribution in [3.05, 3.63) is 170 Å². The minimum Gasteiger partial charge on any atom is -0.455 e. The Morgan fingerprint density at radius 1 is 0.383 bits per heavy atom. The van der Waals surface area contributed by atoms with Gasteiger partial charge in [-0.05, 0) is 57.3 Å². The van der Waals surface area contributed by atoms with E-state index in [4.69, 9.17) is 14.4 Å². The molecule has 3 heteroatoms. The molecule has 0 aliphatic carbocycles. The van der Waals surface area contributed by atoms with Gasteiger partial charge in [0, 0.05) is 27.5 Å². The fourth-order valence-electron chi connectivity index (χ4n) is 6.54. The lowest BCUT2D eigenvalue weighted by atomic mass is 9.94. The SMILES string of the molecule is c1ccc(-c2ccc(-c3ccc(-c4cc(-c5ccccc5)nc(-c5ccccc5)n4)c4oc5cc6ccccc6cc5c34)cc2)cc1. The zero-order valence-electron chi connectivity index (χ0n) is 25.5. The van der Waals surface area contributed by atoms with Crippen LogP contribution in [-0.4, -0.2) is 9.97 Å². The van der Waals surface area contributed by atoms with Crippen LogP contribution >= 0.6 is 0 Å². The Morgan fingerprint density at radius 2 is 0.915 bits per heavy atom. The van der Waals surface area contributed by atoms with Crippen LogP contribution in [0.5, 0.6) is 0 Å². The lowest BCUT2D eigenvalue weighted by Gasteiger charge is -2.12. The number of nitrogens with zero attached hydrogens (tertiary/aromatic N) is 2. The van der Waals surface area contributed by atoms with Gasteiger partial charge in [0.1, 0.15) is 11.2 Å². The van der Waals surface area contributed by atoms with E-state index in [0.29, 0.717) is 5.82 Å². The van der Waals surface area contributed by atoms with Crippen molar-refractivity contribution in [3.63, 3.8) is 0 Å². The maximum Gasteiger partial charge on any atom is 0.160 e. The molecule has 9 aromatic rings. The summed E-state index contributed by atoms with van der Waals surface area (Å²) in [5, 5.41) is 4.49. The first kappa shape index (κ1) is 27.0. The normalized spacial score (nSPS) is 11.4. The Kier molecular flexibility index (Phi) is 6.46. The van der Waals surface area contributed by atoms with Crippen LogP contribution in [0.2, 0.25) is 0 Å². The van der Waals surface area contributed by atoms with E-state index in [-0.39, 0.29) is 0 Å². The molecular formula is C44H28N2O. The van der Waals surface area contributed by atoms with E-state index in [1.165, 1.54) is 16.5 Å². The average molecular weight is 601 g/mol. The molecule has 7 aromatic carbocycles. The standard InChI is InChI=1S/C44H28N2O/c1-4-12-29(13-5-1)30-20-22-31(23-21-30)36-24-25-37(43-42(36)38-26-34-18-10-11-19-35(34)27-41(38)47-43)40-28-39(32-14-6-2-7-15-32)45-44(46-40)33-16-8-3-9-17-33/h1-28H.